The van der Waals surface area contributed by atoms with Gasteiger partial charge in [-0.1, -0.05) is 5.92 Å². The minimum Gasteiger partial charge on any atom is -0.285 e. The molecule has 1 fully saturated rings. The lowest BCUT2D eigenvalue weighted by Gasteiger charge is -2.39. The van der Waals surface area contributed by atoms with E-state index in [0.29, 0.717) is 13.1 Å². The predicted molar refractivity (Wildman–Crippen MR) is 57.7 cm³/mol. The Morgan fingerprint density at radius 2 is 2.07 bits per heavy atom. The van der Waals surface area contributed by atoms with Crippen LogP contribution in [0.5, 0.6) is 0 Å². The normalized spacial score (nSPS) is 28.3. The molecule has 0 aliphatic carbocycles. The molecule has 1 aliphatic rings. The molecule has 0 saturated carbocycles. The molecule has 1 heterocycles. The molecule has 0 unspecified atom stereocenters. The summed E-state index contributed by atoms with van der Waals surface area (Å²) >= 11 is 0. The first-order valence-electron chi connectivity index (χ1n) is 4.74. The maximum atomic E-state index is 11.5. The van der Waals surface area contributed by atoms with E-state index >= 15 is 0 Å². The molecule has 1 atom stereocenters. The number of nitrogens with zero attached hydrogens (tertiary/aromatic N) is 1. The SMILES string of the molecule is C#CC(C)(C)N1CCS(=O)(=O)[C@H](C)C1. The Hall–Kier alpha value is -0.530. The zero-order valence-corrected chi connectivity index (χ0v) is 9.76. The van der Waals surface area contributed by atoms with Crippen LogP contribution in [-0.4, -0.2) is 42.9 Å². The van der Waals surface area contributed by atoms with Crippen molar-refractivity contribution in [2.45, 2.75) is 31.6 Å². The molecule has 1 aliphatic heterocycles. The van der Waals surface area contributed by atoms with Gasteiger partial charge in [0.1, 0.15) is 0 Å². The number of hydrogen-bond acceptors (Lipinski definition) is 3. The van der Waals surface area contributed by atoms with Crippen LogP contribution in [0.15, 0.2) is 0 Å². The van der Waals surface area contributed by atoms with Gasteiger partial charge < -0.3 is 0 Å². The second kappa shape index (κ2) is 3.56. The second-order valence-corrected chi connectivity index (χ2v) is 6.87. The van der Waals surface area contributed by atoms with Crippen molar-refractivity contribution >= 4 is 9.84 Å². The molecule has 1 rings (SSSR count). The topological polar surface area (TPSA) is 37.4 Å². The second-order valence-electron chi connectivity index (χ2n) is 4.33. The van der Waals surface area contributed by atoms with Gasteiger partial charge in [0.25, 0.3) is 0 Å². The molecule has 0 radical (unpaired) electrons. The molecular formula is C10H17NO2S. The Kier molecular flexibility index (Phi) is 2.93. The lowest BCUT2D eigenvalue weighted by Crippen LogP contribution is -2.53. The average molecular weight is 215 g/mol. The quantitative estimate of drug-likeness (QED) is 0.598. The highest BCUT2D eigenvalue weighted by molar-refractivity contribution is 7.92. The maximum absolute atomic E-state index is 11.5. The Labute approximate surface area is 86.4 Å². The van der Waals surface area contributed by atoms with E-state index in [2.05, 4.69) is 10.8 Å². The van der Waals surface area contributed by atoms with E-state index in [9.17, 15) is 8.42 Å². The summed E-state index contributed by atoms with van der Waals surface area (Å²) < 4.78 is 22.9. The van der Waals surface area contributed by atoms with E-state index in [4.69, 9.17) is 6.42 Å². The molecular weight excluding hydrogens is 198 g/mol. The minimum absolute atomic E-state index is 0.222. The summed E-state index contributed by atoms with van der Waals surface area (Å²) in [7, 11) is -2.87. The van der Waals surface area contributed by atoms with Crippen molar-refractivity contribution in [1.29, 1.82) is 0 Å². The van der Waals surface area contributed by atoms with Crippen molar-refractivity contribution in [3.63, 3.8) is 0 Å². The standard InChI is InChI=1S/C10H17NO2S/c1-5-10(3,4)11-6-7-14(12,13)9(2)8-11/h1,9H,6-8H2,2-4H3/t9-/m1/s1. The molecule has 4 heteroatoms. The van der Waals surface area contributed by atoms with Gasteiger partial charge in [-0.3, -0.25) is 4.90 Å². The van der Waals surface area contributed by atoms with Gasteiger partial charge in [-0.15, -0.1) is 6.42 Å². The van der Waals surface area contributed by atoms with E-state index in [1.807, 2.05) is 13.8 Å². The van der Waals surface area contributed by atoms with Crippen molar-refractivity contribution in [1.82, 2.24) is 4.90 Å². The fourth-order valence-electron chi connectivity index (χ4n) is 1.55. The van der Waals surface area contributed by atoms with E-state index in [1.54, 1.807) is 6.92 Å². The van der Waals surface area contributed by atoms with Gasteiger partial charge >= 0.3 is 0 Å². The number of rotatable bonds is 1. The Balaban J connectivity index is 2.80. The van der Waals surface area contributed by atoms with Crippen LogP contribution in [0, 0.1) is 12.3 Å². The Morgan fingerprint density at radius 3 is 2.50 bits per heavy atom. The molecule has 0 bridgehead atoms. The molecule has 80 valence electrons. The molecule has 0 aromatic rings. The van der Waals surface area contributed by atoms with E-state index < -0.39 is 9.84 Å². The summed E-state index contributed by atoms with van der Waals surface area (Å²) in [4.78, 5) is 2.05. The van der Waals surface area contributed by atoms with Crippen molar-refractivity contribution in [2.24, 2.45) is 0 Å². The monoisotopic (exact) mass is 215 g/mol. The van der Waals surface area contributed by atoms with Gasteiger partial charge in [-0.05, 0) is 20.8 Å². The predicted octanol–water partition coefficient (Wildman–Crippen LogP) is 0.517. The van der Waals surface area contributed by atoms with Crippen molar-refractivity contribution in [3.8, 4) is 12.3 Å². The van der Waals surface area contributed by atoms with Crippen molar-refractivity contribution in [3.05, 3.63) is 0 Å². The van der Waals surface area contributed by atoms with Crippen LogP contribution < -0.4 is 0 Å². The number of terminal acetylenes is 1. The molecule has 0 N–H and O–H groups in total. The van der Waals surface area contributed by atoms with Crippen LogP contribution in [-0.2, 0) is 9.84 Å². The molecule has 0 spiro atoms. The van der Waals surface area contributed by atoms with E-state index in [1.165, 1.54) is 0 Å². The molecule has 0 aromatic carbocycles. The lowest BCUT2D eigenvalue weighted by atomic mass is 10.0. The van der Waals surface area contributed by atoms with Crippen LogP contribution in [0.3, 0.4) is 0 Å². The molecule has 3 nitrogen and oxygen atoms in total. The van der Waals surface area contributed by atoms with Crippen LogP contribution in [0.4, 0.5) is 0 Å². The van der Waals surface area contributed by atoms with Crippen molar-refractivity contribution < 1.29 is 8.42 Å². The minimum atomic E-state index is -2.87. The van der Waals surface area contributed by atoms with Gasteiger partial charge in [0, 0.05) is 13.1 Å². The largest absolute Gasteiger partial charge is 0.285 e. The Morgan fingerprint density at radius 1 is 1.50 bits per heavy atom. The smallest absolute Gasteiger partial charge is 0.155 e. The van der Waals surface area contributed by atoms with E-state index in [0.717, 1.165) is 0 Å². The third-order valence-corrected chi connectivity index (χ3v) is 5.01. The summed E-state index contributed by atoms with van der Waals surface area (Å²) in [6.45, 7) is 6.72. The van der Waals surface area contributed by atoms with Crippen LogP contribution in [0.2, 0.25) is 0 Å². The van der Waals surface area contributed by atoms with Gasteiger partial charge in [0.05, 0.1) is 16.5 Å². The summed E-state index contributed by atoms with van der Waals surface area (Å²) in [6, 6.07) is 0. The van der Waals surface area contributed by atoms with Gasteiger partial charge in [-0.25, -0.2) is 8.42 Å². The average Bonchev–Trinajstić information content (AvgIpc) is 2.09. The first-order chi connectivity index (χ1) is 6.29. The van der Waals surface area contributed by atoms with Crippen LogP contribution in [0.25, 0.3) is 0 Å². The highest BCUT2D eigenvalue weighted by Gasteiger charge is 2.35. The third kappa shape index (κ3) is 2.10. The highest BCUT2D eigenvalue weighted by atomic mass is 32.2. The fraction of sp³-hybridized carbons (Fsp3) is 0.800. The maximum Gasteiger partial charge on any atom is 0.155 e. The molecule has 1 saturated heterocycles. The Bertz CT molecular complexity index is 351. The lowest BCUT2D eigenvalue weighted by molar-refractivity contribution is 0.174. The van der Waals surface area contributed by atoms with Gasteiger partial charge in [-0.2, -0.15) is 0 Å². The molecule has 14 heavy (non-hydrogen) atoms. The number of sulfone groups is 1. The highest BCUT2D eigenvalue weighted by Crippen LogP contribution is 2.20. The molecule has 0 aromatic heterocycles. The van der Waals surface area contributed by atoms with E-state index in [-0.39, 0.29) is 16.5 Å². The fourth-order valence-corrected chi connectivity index (χ4v) is 2.84. The van der Waals surface area contributed by atoms with Crippen LogP contribution >= 0.6 is 0 Å². The van der Waals surface area contributed by atoms with Crippen LogP contribution in [0.1, 0.15) is 20.8 Å². The van der Waals surface area contributed by atoms with Crippen molar-refractivity contribution in [2.75, 3.05) is 18.8 Å². The summed E-state index contributed by atoms with van der Waals surface area (Å²) in [5, 5.41) is -0.302. The molecule has 0 amide bonds. The third-order valence-electron chi connectivity index (χ3n) is 2.88. The number of hydrogen-bond donors (Lipinski definition) is 0. The first kappa shape index (κ1) is 11.5. The zero-order chi connectivity index (χ0) is 11.0. The summed E-state index contributed by atoms with van der Waals surface area (Å²) in [5.41, 5.74) is -0.343. The van der Waals surface area contributed by atoms with Gasteiger partial charge in [0.2, 0.25) is 0 Å². The first-order valence-corrected chi connectivity index (χ1v) is 6.45. The van der Waals surface area contributed by atoms with Gasteiger partial charge in [0.15, 0.2) is 9.84 Å². The summed E-state index contributed by atoms with van der Waals surface area (Å²) in [5.74, 6) is 2.91. The summed E-state index contributed by atoms with van der Waals surface area (Å²) in [6.07, 6.45) is 5.41. The zero-order valence-electron chi connectivity index (χ0n) is 8.95.